The Morgan fingerprint density at radius 3 is 2.00 bits per heavy atom. The number of nitrogens with one attached hydrogen (secondary N) is 1. The number of halogens is 12. The molecule has 1 saturated carbocycles. The summed E-state index contributed by atoms with van der Waals surface area (Å²) in [6.07, 6.45) is -15.5. The predicted molar refractivity (Wildman–Crippen MR) is 129 cm³/mol. The van der Waals surface area contributed by atoms with E-state index in [4.69, 9.17) is 23.2 Å². The van der Waals surface area contributed by atoms with E-state index >= 15 is 0 Å². The number of hydrogen-bond acceptors (Lipinski definition) is 2. The van der Waals surface area contributed by atoms with Crippen LogP contribution in [-0.2, 0) is 11.0 Å². The second kappa shape index (κ2) is 11.3. The summed E-state index contributed by atoms with van der Waals surface area (Å²) >= 11 is 11.5. The molecular formula is C25H18Cl2F10N2O2. The number of nitrogens with zero attached hydrogens (tertiary/aromatic N) is 1. The third kappa shape index (κ3) is 8.06. The molecule has 3 rings (SSSR count). The highest BCUT2D eigenvalue weighted by atomic mass is 35.5. The fraction of sp³-hybridized carbons (Fsp3) is 0.360. The molecule has 41 heavy (non-hydrogen) atoms. The summed E-state index contributed by atoms with van der Waals surface area (Å²) in [5.41, 5.74) is -6.30. The fourth-order valence-corrected chi connectivity index (χ4v) is 4.55. The zero-order chi connectivity index (χ0) is 31.1. The number of likely N-dealkylation sites (N-methyl/N-ethyl adjacent to an activating group) is 1. The van der Waals surface area contributed by atoms with Gasteiger partial charge in [-0.05, 0) is 54.8 Å². The molecule has 0 aliphatic heterocycles. The maximum atomic E-state index is 15.0. The molecule has 0 radical (unpaired) electrons. The summed E-state index contributed by atoms with van der Waals surface area (Å²) in [6, 6.07) is 4.03. The SMILES string of the molecule is CN(CC(F)(F)F)C(=O)C1(NC(=O)c2ccc(/C(F)=C/C(c3cc(Cl)cc(Cl)c3)C(F)(F)F)cc2C(F)(F)F)CC1. The van der Waals surface area contributed by atoms with E-state index in [2.05, 4.69) is 0 Å². The van der Waals surface area contributed by atoms with Crippen molar-refractivity contribution < 1.29 is 53.5 Å². The minimum atomic E-state index is -5.32. The normalized spacial score (nSPS) is 16.3. The monoisotopic (exact) mass is 638 g/mol. The Hall–Kier alpha value is -3.00. The molecule has 224 valence electrons. The molecule has 1 fully saturated rings. The summed E-state index contributed by atoms with van der Waals surface area (Å²) in [7, 11) is 0.804. The van der Waals surface area contributed by atoms with Gasteiger partial charge >= 0.3 is 18.5 Å². The van der Waals surface area contributed by atoms with E-state index in [1.165, 1.54) is 0 Å². The number of carbonyl (C=O) groups is 2. The lowest BCUT2D eigenvalue weighted by molar-refractivity contribution is -0.160. The van der Waals surface area contributed by atoms with Crippen LogP contribution in [0.15, 0.2) is 42.5 Å². The van der Waals surface area contributed by atoms with Crippen molar-refractivity contribution in [2.45, 2.75) is 42.8 Å². The molecule has 2 aromatic rings. The molecule has 2 amide bonds. The van der Waals surface area contributed by atoms with Gasteiger partial charge in [0.2, 0.25) is 5.91 Å². The third-order valence-corrected chi connectivity index (χ3v) is 6.47. The lowest BCUT2D eigenvalue weighted by Gasteiger charge is -2.25. The van der Waals surface area contributed by atoms with Crippen LogP contribution in [0.25, 0.3) is 5.83 Å². The fourth-order valence-electron chi connectivity index (χ4n) is 4.01. The van der Waals surface area contributed by atoms with Crippen molar-refractivity contribution >= 4 is 40.8 Å². The van der Waals surface area contributed by atoms with Gasteiger partial charge in [0.25, 0.3) is 5.91 Å². The minimum Gasteiger partial charge on any atom is -0.338 e. The highest BCUT2D eigenvalue weighted by molar-refractivity contribution is 6.34. The summed E-state index contributed by atoms with van der Waals surface area (Å²) in [5.74, 6) is -7.06. The first-order chi connectivity index (χ1) is 18.6. The number of allylic oxidation sites excluding steroid dienone is 1. The number of rotatable bonds is 7. The first kappa shape index (κ1) is 32.5. The van der Waals surface area contributed by atoms with E-state index in [0.717, 1.165) is 25.2 Å². The van der Waals surface area contributed by atoms with Crippen LogP contribution in [0.4, 0.5) is 43.9 Å². The van der Waals surface area contributed by atoms with Crippen LogP contribution in [0, 0.1) is 0 Å². The molecule has 4 nitrogen and oxygen atoms in total. The molecule has 1 aliphatic carbocycles. The van der Waals surface area contributed by atoms with E-state index in [9.17, 15) is 53.5 Å². The Morgan fingerprint density at radius 2 is 1.54 bits per heavy atom. The van der Waals surface area contributed by atoms with E-state index in [1.807, 2.05) is 5.32 Å². The number of alkyl halides is 9. The molecule has 0 heterocycles. The molecule has 2 aromatic carbocycles. The van der Waals surface area contributed by atoms with Crippen LogP contribution in [0.2, 0.25) is 10.0 Å². The average molecular weight is 639 g/mol. The van der Waals surface area contributed by atoms with Gasteiger partial charge in [-0.15, -0.1) is 0 Å². The largest absolute Gasteiger partial charge is 0.417 e. The second-order valence-electron chi connectivity index (χ2n) is 9.31. The Balaban J connectivity index is 1.96. The van der Waals surface area contributed by atoms with Gasteiger partial charge in [-0.2, -0.15) is 39.5 Å². The number of benzene rings is 2. The molecule has 1 atom stereocenters. The molecule has 0 saturated heterocycles. The standard InChI is InChI=1S/C25H18Cl2F10N2O2/c1-39(11-23(29,30)31)21(41)22(4-5-22)38-20(40)16-3-2-12(8-18(16)25(35,36)37)19(28)10-17(24(32,33)34)13-6-14(26)9-15(27)7-13/h2-3,6-10,17H,4-5,11H2,1H3,(H,38,40)/b19-10-. The van der Waals surface area contributed by atoms with Gasteiger partial charge in [0.15, 0.2) is 0 Å². The number of amides is 2. The van der Waals surface area contributed by atoms with Gasteiger partial charge in [-0.1, -0.05) is 29.3 Å². The van der Waals surface area contributed by atoms with E-state index in [1.54, 1.807) is 0 Å². The van der Waals surface area contributed by atoms with Gasteiger partial charge in [0, 0.05) is 22.7 Å². The molecular weight excluding hydrogens is 621 g/mol. The zero-order valence-corrected chi connectivity index (χ0v) is 22.1. The quantitative estimate of drug-likeness (QED) is 0.313. The van der Waals surface area contributed by atoms with Crippen LogP contribution < -0.4 is 5.32 Å². The van der Waals surface area contributed by atoms with E-state index in [-0.39, 0.29) is 39.9 Å². The van der Waals surface area contributed by atoms with Crippen LogP contribution in [0.5, 0.6) is 0 Å². The molecule has 1 unspecified atom stereocenters. The molecule has 0 spiro atoms. The van der Waals surface area contributed by atoms with Crippen molar-refractivity contribution in [3.63, 3.8) is 0 Å². The van der Waals surface area contributed by atoms with Gasteiger partial charge in [0.05, 0.1) is 11.1 Å². The predicted octanol–water partition coefficient (Wildman–Crippen LogP) is 7.95. The summed E-state index contributed by atoms with van der Waals surface area (Å²) in [4.78, 5) is 25.5. The van der Waals surface area contributed by atoms with E-state index < -0.39 is 76.4 Å². The lowest BCUT2D eigenvalue weighted by atomic mass is 9.95. The lowest BCUT2D eigenvalue weighted by Crippen LogP contribution is -2.51. The van der Waals surface area contributed by atoms with Crippen LogP contribution in [0.1, 0.15) is 45.8 Å². The summed E-state index contributed by atoms with van der Waals surface area (Å²) in [5, 5.41) is 1.60. The Labute approximate surface area is 235 Å². The summed E-state index contributed by atoms with van der Waals surface area (Å²) < 4.78 is 136. The highest BCUT2D eigenvalue weighted by Crippen LogP contribution is 2.42. The maximum Gasteiger partial charge on any atom is 0.417 e. The molecule has 1 N–H and O–H groups in total. The zero-order valence-electron chi connectivity index (χ0n) is 20.5. The highest BCUT2D eigenvalue weighted by Gasteiger charge is 2.54. The van der Waals surface area contributed by atoms with Gasteiger partial charge in [0.1, 0.15) is 23.8 Å². The number of carbonyl (C=O) groups excluding carboxylic acids is 2. The average Bonchev–Trinajstić information content (AvgIpc) is 3.58. The molecule has 0 bridgehead atoms. The maximum absolute atomic E-state index is 15.0. The van der Waals surface area contributed by atoms with Crippen molar-refractivity contribution in [3.8, 4) is 0 Å². The van der Waals surface area contributed by atoms with Gasteiger partial charge in [-0.3, -0.25) is 9.59 Å². The molecule has 0 aromatic heterocycles. The molecule has 1 aliphatic rings. The van der Waals surface area contributed by atoms with Crippen LogP contribution in [-0.4, -0.2) is 48.2 Å². The van der Waals surface area contributed by atoms with Crippen LogP contribution >= 0.6 is 23.2 Å². The topological polar surface area (TPSA) is 49.4 Å². The van der Waals surface area contributed by atoms with Crippen molar-refractivity contribution in [1.82, 2.24) is 10.2 Å². The minimum absolute atomic E-state index is 0.0194. The Bertz CT molecular complexity index is 1350. The number of hydrogen-bond donors (Lipinski definition) is 1. The first-order valence-corrected chi connectivity index (χ1v) is 12.1. The Kier molecular flexibility index (Phi) is 9.00. The van der Waals surface area contributed by atoms with Crippen LogP contribution in [0.3, 0.4) is 0 Å². The van der Waals surface area contributed by atoms with Crippen molar-refractivity contribution in [2.24, 2.45) is 0 Å². The smallest absolute Gasteiger partial charge is 0.338 e. The van der Waals surface area contributed by atoms with Crippen molar-refractivity contribution in [3.05, 3.63) is 74.8 Å². The third-order valence-electron chi connectivity index (χ3n) is 6.03. The van der Waals surface area contributed by atoms with Crippen molar-refractivity contribution in [1.29, 1.82) is 0 Å². The second-order valence-corrected chi connectivity index (χ2v) is 10.2. The van der Waals surface area contributed by atoms with Crippen molar-refractivity contribution in [2.75, 3.05) is 13.6 Å². The van der Waals surface area contributed by atoms with E-state index in [0.29, 0.717) is 12.1 Å². The van der Waals surface area contributed by atoms with Gasteiger partial charge < -0.3 is 10.2 Å². The molecule has 16 heteroatoms. The first-order valence-electron chi connectivity index (χ1n) is 11.4. The summed E-state index contributed by atoms with van der Waals surface area (Å²) in [6.45, 7) is -1.67. The van der Waals surface area contributed by atoms with Gasteiger partial charge in [-0.25, -0.2) is 4.39 Å². The Morgan fingerprint density at radius 1 is 0.976 bits per heavy atom.